The van der Waals surface area contributed by atoms with Gasteiger partial charge in [-0.05, 0) is 49.0 Å². The summed E-state index contributed by atoms with van der Waals surface area (Å²) in [5.41, 5.74) is 2.27. The molecular formula is C13H15ClN2S. The molecule has 17 heavy (non-hydrogen) atoms. The summed E-state index contributed by atoms with van der Waals surface area (Å²) in [7, 11) is 0. The molecule has 0 saturated carbocycles. The Bertz CT molecular complexity index is 544. The second-order valence-corrected chi connectivity index (χ2v) is 6.19. The van der Waals surface area contributed by atoms with E-state index in [9.17, 15) is 0 Å². The highest BCUT2D eigenvalue weighted by Crippen LogP contribution is 2.33. The second kappa shape index (κ2) is 4.54. The molecule has 1 saturated heterocycles. The van der Waals surface area contributed by atoms with E-state index < -0.39 is 0 Å². The van der Waals surface area contributed by atoms with E-state index in [1.165, 1.54) is 29.9 Å². The summed E-state index contributed by atoms with van der Waals surface area (Å²) in [5.74, 6) is 4.19. The number of aryl methyl sites for hydroxylation is 1. The maximum atomic E-state index is 6.23. The number of nitrogens with zero attached hydrogens (tertiary/aromatic N) is 2. The molecule has 0 amide bonds. The maximum absolute atomic E-state index is 6.23. The van der Waals surface area contributed by atoms with Crippen molar-refractivity contribution in [2.75, 3.05) is 11.5 Å². The fourth-order valence-electron chi connectivity index (χ4n) is 2.42. The molecule has 2 aromatic heterocycles. The van der Waals surface area contributed by atoms with Crippen molar-refractivity contribution in [2.45, 2.75) is 25.7 Å². The molecule has 3 heterocycles. The van der Waals surface area contributed by atoms with Crippen LogP contribution in [-0.4, -0.2) is 20.9 Å². The van der Waals surface area contributed by atoms with E-state index >= 15 is 0 Å². The van der Waals surface area contributed by atoms with Gasteiger partial charge in [0.1, 0.15) is 5.82 Å². The summed E-state index contributed by atoms with van der Waals surface area (Å²) in [4.78, 5) is 4.57. The number of rotatable bonds is 1. The summed E-state index contributed by atoms with van der Waals surface area (Å²) >= 11 is 8.27. The highest BCUT2D eigenvalue weighted by molar-refractivity contribution is 7.99. The van der Waals surface area contributed by atoms with E-state index in [2.05, 4.69) is 34.6 Å². The Balaban J connectivity index is 2.10. The van der Waals surface area contributed by atoms with Gasteiger partial charge < -0.3 is 4.40 Å². The van der Waals surface area contributed by atoms with Crippen LogP contribution in [0.5, 0.6) is 0 Å². The Morgan fingerprint density at radius 2 is 2.18 bits per heavy atom. The summed E-state index contributed by atoms with van der Waals surface area (Å²) < 4.78 is 2.16. The molecular weight excluding hydrogens is 252 g/mol. The first-order chi connectivity index (χ1) is 8.25. The van der Waals surface area contributed by atoms with Gasteiger partial charge in [-0.1, -0.05) is 11.6 Å². The van der Waals surface area contributed by atoms with Gasteiger partial charge in [0, 0.05) is 12.1 Å². The normalized spacial score (nSPS) is 17.8. The number of pyridine rings is 1. The van der Waals surface area contributed by atoms with E-state index in [0.717, 1.165) is 11.3 Å². The number of halogens is 1. The lowest BCUT2D eigenvalue weighted by Gasteiger charge is -2.20. The third-order valence-electron chi connectivity index (χ3n) is 3.37. The molecule has 0 bridgehead atoms. The van der Waals surface area contributed by atoms with E-state index in [4.69, 9.17) is 11.6 Å². The van der Waals surface area contributed by atoms with Crippen molar-refractivity contribution in [2.24, 2.45) is 0 Å². The van der Waals surface area contributed by atoms with Gasteiger partial charge in [0.05, 0.1) is 5.52 Å². The molecule has 4 heteroatoms. The lowest BCUT2D eigenvalue weighted by molar-refractivity contribution is 0.596. The molecule has 2 nitrogen and oxygen atoms in total. The van der Waals surface area contributed by atoms with Crippen LogP contribution < -0.4 is 0 Å². The molecule has 2 aromatic rings. The number of fused-ring (bicyclic) bond motifs is 1. The van der Waals surface area contributed by atoms with E-state index in [1.54, 1.807) is 0 Å². The quantitative estimate of drug-likeness (QED) is 0.779. The van der Waals surface area contributed by atoms with Crippen LogP contribution in [0.4, 0.5) is 0 Å². The zero-order chi connectivity index (χ0) is 11.8. The van der Waals surface area contributed by atoms with Gasteiger partial charge >= 0.3 is 0 Å². The smallest absolute Gasteiger partial charge is 0.155 e. The van der Waals surface area contributed by atoms with Crippen molar-refractivity contribution in [1.29, 1.82) is 0 Å². The summed E-state index contributed by atoms with van der Waals surface area (Å²) in [5, 5.41) is 0.641. The molecule has 0 N–H and O–H groups in total. The Kier molecular flexibility index (Phi) is 3.05. The predicted molar refractivity (Wildman–Crippen MR) is 74.2 cm³/mol. The molecule has 1 aliphatic rings. The van der Waals surface area contributed by atoms with Crippen LogP contribution in [0.2, 0.25) is 5.15 Å². The minimum atomic E-state index is 0.568. The van der Waals surface area contributed by atoms with E-state index in [1.807, 2.05) is 11.8 Å². The van der Waals surface area contributed by atoms with E-state index in [-0.39, 0.29) is 0 Å². The number of imidazole rings is 1. The number of hydrogen-bond acceptors (Lipinski definition) is 2. The van der Waals surface area contributed by atoms with Crippen LogP contribution >= 0.6 is 23.4 Å². The Morgan fingerprint density at radius 1 is 1.41 bits per heavy atom. The van der Waals surface area contributed by atoms with Crippen LogP contribution in [0, 0.1) is 6.92 Å². The van der Waals surface area contributed by atoms with Crippen LogP contribution in [0.15, 0.2) is 18.3 Å². The minimum absolute atomic E-state index is 0.568. The molecule has 1 aliphatic heterocycles. The molecule has 0 radical (unpaired) electrons. The van der Waals surface area contributed by atoms with Crippen LogP contribution in [0.1, 0.15) is 30.1 Å². The van der Waals surface area contributed by atoms with Crippen molar-refractivity contribution >= 4 is 28.9 Å². The largest absolute Gasteiger partial charge is 0.302 e. The van der Waals surface area contributed by atoms with Crippen LogP contribution in [-0.2, 0) is 0 Å². The fraction of sp³-hybridized carbons (Fsp3) is 0.462. The standard InChI is InChI=1S/C13H15ClN2S/c1-9-2-5-16-11(8-9)12(14)15-13(16)10-3-6-17-7-4-10/h2,5,8,10H,3-4,6-7H2,1H3. The highest BCUT2D eigenvalue weighted by Gasteiger charge is 2.21. The van der Waals surface area contributed by atoms with Gasteiger partial charge in [-0.25, -0.2) is 4.98 Å². The summed E-state index contributed by atoms with van der Waals surface area (Å²) in [6.07, 6.45) is 4.53. The minimum Gasteiger partial charge on any atom is -0.302 e. The molecule has 1 fully saturated rings. The van der Waals surface area contributed by atoms with Gasteiger partial charge in [-0.3, -0.25) is 0 Å². The first kappa shape index (κ1) is 11.4. The Labute approximate surface area is 110 Å². The third-order valence-corrected chi connectivity index (χ3v) is 4.69. The number of hydrogen-bond donors (Lipinski definition) is 0. The van der Waals surface area contributed by atoms with E-state index in [0.29, 0.717) is 11.1 Å². The number of thioether (sulfide) groups is 1. The lowest BCUT2D eigenvalue weighted by atomic mass is 10.0. The lowest BCUT2D eigenvalue weighted by Crippen LogP contribution is -2.11. The first-order valence-electron chi connectivity index (χ1n) is 5.97. The third kappa shape index (κ3) is 2.06. The van der Waals surface area contributed by atoms with Crippen molar-refractivity contribution in [3.8, 4) is 0 Å². The number of aromatic nitrogens is 2. The summed E-state index contributed by atoms with van der Waals surface area (Å²) in [6, 6.07) is 4.22. The molecule has 90 valence electrons. The zero-order valence-corrected chi connectivity index (χ0v) is 11.4. The van der Waals surface area contributed by atoms with Gasteiger partial charge in [-0.2, -0.15) is 11.8 Å². The molecule has 3 rings (SSSR count). The predicted octanol–water partition coefficient (Wildman–Crippen LogP) is 3.91. The molecule has 0 unspecified atom stereocenters. The van der Waals surface area contributed by atoms with Gasteiger partial charge in [0.25, 0.3) is 0 Å². The second-order valence-electron chi connectivity index (χ2n) is 4.61. The molecule has 0 aromatic carbocycles. The average Bonchev–Trinajstić information content (AvgIpc) is 2.68. The van der Waals surface area contributed by atoms with Crippen molar-refractivity contribution in [1.82, 2.24) is 9.38 Å². The van der Waals surface area contributed by atoms with Gasteiger partial charge in [0.15, 0.2) is 5.15 Å². The van der Waals surface area contributed by atoms with Gasteiger partial charge in [0.2, 0.25) is 0 Å². The maximum Gasteiger partial charge on any atom is 0.155 e. The monoisotopic (exact) mass is 266 g/mol. The Morgan fingerprint density at radius 3 is 2.94 bits per heavy atom. The first-order valence-corrected chi connectivity index (χ1v) is 7.51. The van der Waals surface area contributed by atoms with Crippen molar-refractivity contribution in [3.63, 3.8) is 0 Å². The summed E-state index contributed by atoms with van der Waals surface area (Å²) in [6.45, 7) is 2.08. The molecule has 0 spiro atoms. The van der Waals surface area contributed by atoms with Crippen molar-refractivity contribution < 1.29 is 0 Å². The fourth-order valence-corrected chi connectivity index (χ4v) is 3.76. The highest BCUT2D eigenvalue weighted by atomic mass is 35.5. The molecule has 0 aliphatic carbocycles. The molecule has 0 atom stereocenters. The van der Waals surface area contributed by atoms with Crippen LogP contribution in [0.3, 0.4) is 0 Å². The van der Waals surface area contributed by atoms with Gasteiger partial charge in [-0.15, -0.1) is 0 Å². The van der Waals surface area contributed by atoms with Crippen LogP contribution in [0.25, 0.3) is 5.52 Å². The van der Waals surface area contributed by atoms with Crippen molar-refractivity contribution in [3.05, 3.63) is 34.9 Å². The SMILES string of the molecule is Cc1ccn2c(C3CCSCC3)nc(Cl)c2c1. The average molecular weight is 267 g/mol. The topological polar surface area (TPSA) is 17.3 Å². The zero-order valence-electron chi connectivity index (χ0n) is 9.82. The Hall–Kier alpha value is -0.670.